The van der Waals surface area contributed by atoms with Gasteiger partial charge in [-0.3, -0.25) is 24.6 Å². The monoisotopic (exact) mass is 733 g/mol. The van der Waals surface area contributed by atoms with Crippen molar-refractivity contribution in [2.45, 2.75) is 51.7 Å². The molecule has 8 rings (SSSR count). The number of unbranched alkanes of at least 4 members (excludes halogenated alkanes) is 1. The molecule has 3 N–H and O–H groups in total. The zero-order valence-electron chi connectivity index (χ0n) is 29.7. The molecule has 0 aliphatic carbocycles. The summed E-state index contributed by atoms with van der Waals surface area (Å²) in [5, 5.41) is 24.5. The highest BCUT2D eigenvalue weighted by molar-refractivity contribution is 7.16. The van der Waals surface area contributed by atoms with Crippen LogP contribution in [0.3, 0.4) is 0 Å². The molecule has 0 saturated carbocycles. The number of ether oxygens (including phenoxy) is 1. The van der Waals surface area contributed by atoms with Crippen molar-refractivity contribution in [2.24, 2.45) is 0 Å². The van der Waals surface area contributed by atoms with Crippen LogP contribution in [0.1, 0.15) is 52.0 Å². The van der Waals surface area contributed by atoms with Crippen LogP contribution in [0.2, 0.25) is 0 Å². The first-order chi connectivity index (χ1) is 25.7. The Morgan fingerprint density at radius 1 is 0.887 bits per heavy atom. The SMILES string of the molecule is Cc1c(-c2ccc(O)cc2)n(Cc2ccc(OCCCCN3CCN(c4cc5c(s4)CN(C4CCC(=O)NC4=O)C5=O)CC3)cc2)c2ccc(O)cc12. The summed E-state index contributed by atoms with van der Waals surface area (Å²) in [6, 6.07) is 22.4. The number of phenolic OH excluding ortho intramolecular Hbond substituents is 2. The summed E-state index contributed by atoms with van der Waals surface area (Å²) < 4.78 is 8.37. The van der Waals surface area contributed by atoms with Gasteiger partial charge in [0.05, 0.1) is 29.4 Å². The third-order valence-electron chi connectivity index (χ3n) is 10.7. The summed E-state index contributed by atoms with van der Waals surface area (Å²) in [6.07, 6.45) is 2.65. The minimum absolute atomic E-state index is 0.113. The number of aromatic nitrogens is 1. The number of aromatic hydroxyl groups is 2. The largest absolute Gasteiger partial charge is 0.508 e. The fourth-order valence-electron chi connectivity index (χ4n) is 7.84. The number of hydrogen-bond acceptors (Lipinski definition) is 9. The number of amides is 3. The molecule has 3 aliphatic heterocycles. The molecule has 0 spiro atoms. The highest BCUT2D eigenvalue weighted by Gasteiger charge is 2.40. The van der Waals surface area contributed by atoms with Gasteiger partial charge in [0, 0.05) is 54.9 Å². The van der Waals surface area contributed by atoms with Crippen molar-refractivity contribution >= 4 is 45.0 Å². The Kier molecular flexibility index (Phi) is 9.57. The van der Waals surface area contributed by atoms with Crippen molar-refractivity contribution in [1.82, 2.24) is 19.7 Å². The Balaban J connectivity index is 0.790. The number of thiophene rings is 1. The van der Waals surface area contributed by atoms with E-state index in [2.05, 4.69) is 38.7 Å². The molecule has 5 aromatic rings. The van der Waals surface area contributed by atoms with E-state index in [0.29, 0.717) is 31.7 Å². The van der Waals surface area contributed by atoms with E-state index in [1.54, 1.807) is 34.4 Å². The number of piperazine rings is 1. The molecule has 53 heavy (non-hydrogen) atoms. The predicted molar refractivity (Wildman–Crippen MR) is 205 cm³/mol. The van der Waals surface area contributed by atoms with Gasteiger partial charge in [0.15, 0.2) is 0 Å². The Hall–Kier alpha value is -5.33. The number of imide groups is 1. The number of fused-ring (bicyclic) bond motifs is 2. The molecular weight excluding hydrogens is 691 g/mol. The minimum Gasteiger partial charge on any atom is -0.508 e. The van der Waals surface area contributed by atoms with E-state index in [1.807, 2.05) is 42.5 Å². The molecule has 2 fully saturated rings. The number of nitrogens with zero attached hydrogens (tertiary/aromatic N) is 4. The van der Waals surface area contributed by atoms with Crippen LogP contribution >= 0.6 is 11.3 Å². The lowest BCUT2D eigenvalue weighted by atomic mass is 10.0. The van der Waals surface area contributed by atoms with E-state index in [-0.39, 0.29) is 35.6 Å². The minimum atomic E-state index is -0.574. The third-order valence-corrected chi connectivity index (χ3v) is 11.9. The number of phenols is 2. The van der Waals surface area contributed by atoms with Crippen LogP contribution in [0.4, 0.5) is 5.00 Å². The van der Waals surface area contributed by atoms with Gasteiger partial charge < -0.3 is 29.3 Å². The first-order valence-corrected chi connectivity index (χ1v) is 19.1. The Bertz CT molecular complexity index is 2170. The van der Waals surface area contributed by atoms with E-state index in [9.17, 15) is 24.6 Å². The van der Waals surface area contributed by atoms with Crippen LogP contribution in [0.25, 0.3) is 22.2 Å². The molecule has 2 aromatic heterocycles. The van der Waals surface area contributed by atoms with E-state index in [1.165, 1.54) is 0 Å². The predicted octanol–water partition coefficient (Wildman–Crippen LogP) is 5.88. The van der Waals surface area contributed by atoms with E-state index >= 15 is 0 Å². The summed E-state index contributed by atoms with van der Waals surface area (Å²) in [6.45, 7) is 8.56. The van der Waals surface area contributed by atoms with Crippen molar-refractivity contribution in [3.8, 4) is 28.5 Å². The fourth-order valence-corrected chi connectivity index (χ4v) is 9.04. The molecule has 3 aliphatic rings. The molecule has 1 unspecified atom stereocenters. The van der Waals surface area contributed by atoms with Gasteiger partial charge >= 0.3 is 0 Å². The summed E-state index contributed by atoms with van der Waals surface area (Å²) >= 11 is 1.64. The van der Waals surface area contributed by atoms with Gasteiger partial charge in [0.25, 0.3) is 5.91 Å². The van der Waals surface area contributed by atoms with Gasteiger partial charge in [-0.1, -0.05) is 12.1 Å². The average molecular weight is 734 g/mol. The van der Waals surface area contributed by atoms with Crippen LogP contribution in [0.5, 0.6) is 17.2 Å². The van der Waals surface area contributed by atoms with E-state index in [4.69, 9.17) is 4.74 Å². The van der Waals surface area contributed by atoms with Gasteiger partial charge in [-0.15, -0.1) is 11.3 Å². The molecule has 1 atom stereocenters. The second-order valence-corrected chi connectivity index (χ2v) is 15.3. The quantitative estimate of drug-likeness (QED) is 0.114. The number of nitrogens with one attached hydrogen (secondary N) is 1. The normalized spacial score (nSPS) is 17.8. The van der Waals surface area contributed by atoms with Gasteiger partial charge in [-0.2, -0.15) is 0 Å². The lowest BCUT2D eigenvalue weighted by Gasteiger charge is -2.35. The maximum Gasteiger partial charge on any atom is 0.256 e. The zero-order valence-corrected chi connectivity index (χ0v) is 30.5. The molecule has 0 radical (unpaired) electrons. The van der Waals surface area contributed by atoms with E-state index < -0.39 is 6.04 Å². The maximum absolute atomic E-state index is 13.1. The summed E-state index contributed by atoms with van der Waals surface area (Å²) in [5.41, 5.74) is 6.00. The number of benzene rings is 3. The molecule has 274 valence electrons. The molecule has 5 heterocycles. The fraction of sp³-hybridized carbons (Fsp3) is 0.341. The zero-order chi connectivity index (χ0) is 36.6. The van der Waals surface area contributed by atoms with Crippen molar-refractivity contribution in [1.29, 1.82) is 0 Å². The number of aryl methyl sites for hydroxylation is 1. The number of carbonyl (C=O) groups is 3. The van der Waals surface area contributed by atoms with Gasteiger partial charge in [0.1, 0.15) is 23.3 Å². The van der Waals surface area contributed by atoms with Crippen molar-refractivity contribution in [3.63, 3.8) is 0 Å². The Morgan fingerprint density at radius 3 is 2.38 bits per heavy atom. The smallest absolute Gasteiger partial charge is 0.256 e. The number of anilines is 1. The highest BCUT2D eigenvalue weighted by atomic mass is 32.1. The number of carbonyl (C=O) groups excluding carboxylic acids is 3. The third kappa shape index (κ3) is 7.08. The molecule has 11 nitrogen and oxygen atoms in total. The van der Waals surface area contributed by atoms with Crippen LogP contribution in [-0.2, 0) is 22.7 Å². The lowest BCUT2D eigenvalue weighted by Crippen LogP contribution is -2.52. The molecular formula is C41H43N5O6S. The van der Waals surface area contributed by atoms with Crippen molar-refractivity contribution in [3.05, 3.63) is 94.4 Å². The number of piperidine rings is 1. The van der Waals surface area contributed by atoms with Crippen LogP contribution in [-0.4, -0.2) is 87.7 Å². The number of rotatable bonds is 11. The summed E-state index contributed by atoms with van der Waals surface area (Å²) in [5.74, 6) is 0.549. The summed E-state index contributed by atoms with van der Waals surface area (Å²) in [4.78, 5) is 44.5. The molecule has 3 aromatic carbocycles. The number of hydrogen-bond donors (Lipinski definition) is 3. The average Bonchev–Trinajstić information content (AvgIpc) is 3.79. The lowest BCUT2D eigenvalue weighted by molar-refractivity contribution is -0.136. The molecule has 0 bridgehead atoms. The highest BCUT2D eigenvalue weighted by Crippen LogP contribution is 2.39. The van der Waals surface area contributed by atoms with Crippen molar-refractivity contribution < 1.29 is 29.3 Å². The summed E-state index contributed by atoms with van der Waals surface area (Å²) in [7, 11) is 0. The Morgan fingerprint density at radius 2 is 1.64 bits per heavy atom. The first kappa shape index (κ1) is 34.7. The second kappa shape index (κ2) is 14.6. The standard InChI is InChI=1S/C41H43N5O6S/c1-26-32-22-30(48)10-13-34(32)45(39(26)28-6-8-29(47)9-7-28)24-27-4-11-31(12-5-27)52-21-3-2-16-43-17-19-44(20-18-43)38-23-33-36(53-38)25-46(41(33)51)35-14-15-37(49)42-40(35)50/h4-13,22-23,35,47-48H,2-3,14-21,24-25H2,1H3,(H,42,49,50). The van der Waals surface area contributed by atoms with Gasteiger partial charge in [-0.05, 0) is 110 Å². The molecule has 3 amide bonds. The molecule has 12 heteroatoms. The second-order valence-electron chi connectivity index (χ2n) is 14.2. The Labute approximate surface area is 312 Å². The van der Waals surface area contributed by atoms with Gasteiger partial charge in [0.2, 0.25) is 11.8 Å². The van der Waals surface area contributed by atoms with Crippen LogP contribution in [0, 0.1) is 6.92 Å². The maximum atomic E-state index is 13.1. The van der Waals surface area contributed by atoms with Crippen LogP contribution in [0.15, 0.2) is 72.8 Å². The van der Waals surface area contributed by atoms with Crippen LogP contribution < -0.4 is 15.0 Å². The van der Waals surface area contributed by atoms with Crippen molar-refractivity contribution in [2.75, 3.05) is 44.2 Å². The van der Waals surface area contributed by atoms with Gasteiger partial charge in [-0.25, -0.2) is 0 Å². The topological polar surface area (TPSA) is 128 Å². The molecule has 2 saturated heterocycles. The van der Waals surface area contributed by atoms with E-state index in [0.717, 1.165) is 94.5 Å². The first-order valence-electron chi connectivity index (χ1n) is 18.3.